The normalized spacial score (nSPS) is 18.8. The molecule has 0 nitrogen and oxygen atoms in total. The van der Waals surface area contributed by atoms with Crippen LogP contribution in [0.3, 0.4) is 0 Å². The van der Waals surface area contributed by atoms with Crippen LogP contribution in [0.2, 0.25) is 0 Å². The molecule has 0 aliphatic heterocycles. The van der Waals surface area contributed by atoms with Gasteiger partial charge in [0.1, 0.15) is 0 Å². The molecule has 0 spiro atoms. The van der Waals surface area contributed by atoms with Crippen molar-refractivity contribution in [3.05, 3.63) is 6.92 Å². The largest absolute Gasteiger partial charge is 0.0654 e. The van der Waals surface area contributed by atoms with E-state index < -0.39 is 0 Å². The van der Waals surface area contributed by atoms with Gasteiger partial charge in [-0.1, -0.05) is 60.3 Å². The molecule has 0 amide bonds. The summed E-state index contributed by atoms with van der Waals surface area (Å²) in [7, 11) is 0. The van der Waals surface area contributed by atoms with Crippen LogP contribution >= 0.6 is 0 Å². The second-order valence-corrected chi connectivity index (χ2v) is 4.10. The average Bonchev–Trinajstić information content (AvgIpc) is 2.06. The number of hydrogen-bond donors (Lipinski definition) is 0. The van der Waals surface area contributed by atoms with Gasteiger partial charge in [-0.05, 0) is 17.8 Å². The van der Waals surface area contributed by atoms with Gasteiger partial charge in [0.15, 0.2) is 0 Å². The Labute approximate surface area is 78.8 Å². The monoisotopic (exact) mass is 169 g/mol. The molecule has 73 valence electrons. The Hall–Kier alpha value is 0. The van der Waals surface area contributed by atoms with Crippen molar-refractivity contribution in [2.45, 2.75) is 53.4 Å². The van der Waals surface area contributed by atoms with Crippen LogP contribution in [0.5, 0.6) is 0 Å². The SMILES string of the molecule is [CH2]CC(C)C(CC)C(C)CCC. The van der Waals surface area contributed by atoms with Gasteiger partial charge in [-0.25, -0.2) is 0 Å². The van der Waals surface area contributed by atoms with Crippen molar-refractivity contribution in [2.24, 2.45) is 17.8 Å². The highest BCUT2D eigenvalue weighted by Crippen LogP contribution is 2.29. The Morgan fingerprint density at radius 2 is 1.67 bits per heavy atom. The molecule has 3 atom stereocenters. The van der Waals surface area contributed by atoms with E-state index in [2.05, 4.69) is 34.6 Å². The van der Waals surface area contributed by atoms with Crippen LogP contribution in [-0.4, -0.2) is 0 Å². The molecule has 0 N–H and O–H groups in total. The third-order valence-electron chi connectivity index (χ3n) is 3.13. The van der Waals surface area contributed by atoms with Gasteiger partial charge in [0.05, 0.1) is 0 Å². The van der Waals surface area contributed by atoms with Crippen LogP contribution in [0.1, 0.15) is 53.4 Å². The highest BCUT2D eigenvalue weighted by Gasteiger charge is 2.19. The van der Waals surface area contributed by atoms with Crippen LogP contribution in [0.15, 0.2) is 0 Å². The summed E-state index contributed by atoms with van der Waals surface area (Å²) >= 11 is 0. The lowest BCUT2D eigenvalue weighted by atomic mass is 9.78. The zero-order chi connectivity index (χ0) is 9.56. The van der Waals surface area contributed by atoms with E-state index in [4.69, 9.17) is 0 Å². The van der Waals surface area contributed by atoms with Crippen LogP contribution < -0.4 is 0 Å². The molecular weight excluding hydrogens is 144 g/mol. The minimum absolute atomic E-state index is 0.802. The summed E-state index contributed by atoms with van der Waals surface area (Å²) in [6.07, 6.45) is 5.11. The summed E-state index contributed by atoms with van der Waals surface area (Å²) < 4.78 is 0. The first kappa shape index (κ1) is 12.0. The number of hydrogen-bond acceptors (Lipinski definition) is 0. The van der Waals surface area contributed by atoms with Gasteiger partial charge in [0.2, 0.25) is 0 Å². The third-order valence-corrected chi connectivity index (χ3v) is 3.13. The Kier molecular flexibility index (Phi) is 6.51. The van der Waals surface area contributed by atoms with Crippen LogP contribution in [0, 0.1) is 24.7 Å². The van der Waals surface area contributed by atoms with E-state index in [1.807, 2.05) is 0 Å². The molecule has 0 aliphatic rings. The van der Waals surface area contributed by atoms with Crippen molar-refractivity contribution in [2.75, 3.05) is 0 Å². The predicted molar refractivity (Wildman–Crippen MR) is 57.0 cm³/mol. The summed E-state index contributed by atoms with van der Waals surface area (Å²) in [5.41, 5.74) is 0. The van der Waals surface area contributed by atoms with E-state index >= 15 is 0 Å². The third kappa shape index (κ3) is 3.60. The van der Waals surface area contributed by atoms with E-state index in [1.54, 1.807) is 0 Å². The molecule has 0 aromatic carbocycles. The van der Waals surface area contributed by atoms with Gasteiger partial charge < -0.3 is 0 Å². The van der Waals surface area contributed by atoms with E-state index in [0.29, 0.717) is 0 Å². The lowest BCUT2D eigenvalue weighted by Crippen LogP contribution is -2.18. The summed E-state index contributed by atoms with van der Waals surface area (Å²) in [5, 5.41) is 0. The zero-order valence-corrected chi connectivity index (χ0v) is 9.27. The van der Waals surface area contributed by atoms with E-state index in [9.17, 15) is 0 Å². The highest BCUT2D eigenvalue weighted by atomic mass is 14.2. The molecule has 0 rings (SSSR count). The molecule has 0 aliphatic carbocycles. The van der Waals surface area contributed by atoms with Crippen molar-refractivity contribution in [3.8, 4) is 0 Å². The fourth-order valence-electron chi connectivity index (χ4n) is 2.25. The second-order valence-electron chi connectivity index (χ2n) is 4.10. The van der Waals surface area contributed by atoms with Gasteiger partial charge in [-0.15, -0.1) is 0 Å². The summed E-state index contributed by atoms with van der Waals surface area (Å²) in [5.74, 6) is 2.58. The standard InChI is InChI=1S/C12H25/c1-6-9-11(5)12(8-3)10(4)7-2/h10-12H,2,6-9H2,1,3-5H3. The summed E-state index contributed by atoms with van der Waals surface area (Å²) in [6.45, 7) is 13.3. The Balaban J connectivity index is 3.94. The molecule has 12 heavy (non-hydrogen) atoms. The molecule has 0 heteroatoms. The maximum Gasteiger partial charge on any atom is -0.0365 e. The molecular formula is C12H25. The molecule has 0 aromatic rings. The predicted octanol–water partition coefficient (Wildman–Crippen LogP) is 4.31. The first-order valence-electron chi connectivity index (χ1n) is 5.46. The second kappa shape index (κ2) is 6.51. The van der Waals surface area contributed by atoms with E-state index in [-0.39, 0.29) is 0 Å². The van der Waals surface area contributed by atoms with Gasteiger partial charge in [-0.3, -0.25) is 0 Å². The first-order chi connectivity index (χ1) is 5.67. The Morgan fingerprint density at radius 3 is 2.00 bits per heavy atom. The Morgan fingerprint density at radius 1 is 1.08 bits per heavy atom. The fraction of sp³-hybridized carbons (Fsp3) is 0.917. The smallest absolute Gasteiger partial charge is 0.0365 e. The van der Waals surface area contributed by atoms with E-state index in [1.165, 1.54) is 19.3 Å². The molecule has 0 aromatic heterocycles. The van der Waals surface area contributed by atoms with Crippen LogP contribution in [-0.2, 0) is 0 Å². The van der Waals surface area contributed by atoms with Gasteiger partial charge >= 0.3 is 0 Å². The lowest BCUT2D eigenvalue weighted by Gasteiger charge is -2.27. The fourth-order valence-corrected chi connectivity index (χ4v) is 2.25. The minimum Gasteiger partial charge on any atom is -0.0654 e. The molecule has 0 bridgehead atoms. The topological polar surface area (TPSA) is 0 Å². The molecule has 0 fully saturated rings. The van der Waals surface area contributed by atoms with Crippen LogP contribution in [0.25, 0.3) is 0 Å². The molecule has 0 saturated heterocycles. The minimum atomic E-state index is 0.802. The number of rotatable bonds is 6. The van der Waals surface area contributed by atoms with E-state index in [0.717, 1.165) is 24.2 Å². The first-order valence-corrected chi connectivity index (χ1v) is 5.46. The van der Waals surface area contributed by atoms with Gasteiger partial charge in [-0.2, -0.15) is 0 Å². The maximum atomic E-state index is 4.00. The van der Waals surface area contributed by atoms with Crippen molar-refractivity contribution in [3.63, 3.8) is 0 Å². The average molecular weight is 169 g/mol. The highest BCUT2D eigenvalue weighted by molar-refractivity contribution is 4.71. The molecule has 0 saturated carbocycles. The maximum absolute atomic E-state index is 4.00. The molecule has 3 unspecified atom stereocenters. The molecule has 0 heterocycles. The Bertz CT molecular complexity index is 96.2. The van der Waals surface area contributed by atoms with Crippen molar-refractivity contribution in [1.82, 2.24) is 0 Å². The van der Waals surface area contributed by atoms with Crippen molar-refractivity contribution in [1.29, 1.82) is 0 Å². The van der Waals surface area contributed by atoms with Gasteiger partial charge in [0.25, 0.3) is 0 Å². The summed E-state index contributed by atoms with van der Waals surface area (Å²) in [6, 6.07) is 0. The quantitative estimate of drug-likeness (QED) is 0.556. The van der Waals surface area contributed by atoms with Crippen molar-refractivity contribution >= 4 is 0 Å². The van der Waals surface area contributed by atoms with Gasteiger partial charge in [0, 0.05) is 0 Å². The van der Waals surface area contributed by atoms with Crippen molar-refractivity contribution < 1.29 is 0 Å². The zero-order valence-electron chi connectivity index (χ0n) is 9.27. The molecule has 1 radical (unpaired) electrons. The van der Waals surface area contributed by atoms with Crippen LogP contribution in [0.4, 0.5) is 0 Å². The lowest BCUT2D eigenvalue weighted by molar-refractivity contribution is 0.235. The summed E-state index contributed by atoms with van der Waals surface area (Å²) in [4.78, 5) is 0.